The number of amides is 1. The molecule has 0 radical (unpaired) electrons. The van der Waals surface area contributed by atoms with E-state index in [1.54, 1.807) is 31.2 Å². The Balaban J connectivity index is 2.38. The number of nitriles is 2. The van der Waals surface area contributed by atoms with E-state index in [9.17, 15) is 24.7 Å². The van der Waals surface area contributed by atoms with E-state index in [0.717, 1.165) is 10.5 Å². The van der Waals surface area contributed by atoms with Gasteiger partial charge in [0.05, 0.1) is 5.56 Å². The lowest BCUT2D eigenvalue weighted by Crippen LogP contribution is -2.28. The molecular formula is C21H18FN3O3. The molecule has 6 nitrogen and oxygen atoms in total. The summed E-state index contributed by atoms with van der Waals surface area (Å²) >= 11 is 0. The van der Waals surface area contributed by atoms with Gasteiger partial charge in [0.15, 0.2) is 5.57 Å². The number of nitrogens with zero attached hydrogens (tertiary/aromatic N) is 3. The van der Waals surface area contributed by atoms with Crippen LogP contribution in [-0.2, 0) is 11.3 Å². The highest BCUT2D eigenvalue weighted by Gasteiger charge is 2.22. The molecule has 0 aliphatic carbocycles. The number of phenols is 1. The van der Waals surface area contributed by atoms with Crippen LogP contribution >= 0.6 is 0 Å². The zero-order chi connectivity index (χ0) is 21.0. The molecule has 0 aromatic heterocycles. The molecule has 0 heterocycles. The molecule has 142 valence electrons. The Morgan fingerprint density at radius 3 is 2.50 bits per heavy atom. The fraction of sp³-hybridized carbons (Fsp3) is 0.190. The first-order valence-corrected chi connectivity index (χ1v) is 8.27. The van der Waals surface area contributed by atoms with E-state index in [1.165, 1.54) is 25.2 Å². The average molecular weight is 379 g/mol. The Kier molecular flexibility index (Phi) is 6.02. The molecule has 2 aromatic carbocycles. The van der Waals surface area contributed by atoms with Crippen LogP contribution in [0.2, 0.25) is 0 Å². The van der Waals surface area contributed by atoms with Gasteiger partial charge < -0.3 is 15.1 Å². The maximum absolute atomic E-state index is 14.3. The van der Waals surface area contributed by atoms with Crippen LogP contribution in [0.5, 0.6) is 5.75 Å². The number of rotatable bonds is 4. The summed E-state index contributed by atoms with van der Waals surface area (Å²) < 4.78 is 14.3. The highest BCUT2D eigenvalue weighted by atomic mass is 19.1. The predicted octanol–water partition coefficient (Wildman–Crippen LogP) is 3.47. The standard InChI is InChI=1S/C21H18FN3O3/c1-12-6-13(2)19(22)16(7-12)11-25(3)21(28)17(10-24)20(27)14-4-5-18(26)15(8-14)9-23/h4-8,26-27H,11H2,1-3H3/b20-17-. The van der Waals surface area contributed by atoms with Crippen LogP contribution in [0.4, 0.5) is 4.39 Å². The van der Waals surface area contributed by atoms with Crippen LogP contribution in [0.3, 0.4) is 0 Å². The van der Waals surface area contributed by atoms with Crippen LogP contribution in [0.1, 0.15) is 27.8 Å². The summed E-state index contributed by atoms with van der Waals surface area (Å²) in [4.78, 5) is 13.8. The van der Waals surface area contributed by atoms with Gasteiger partial charge in [0.2, 0.25) is 0 Å². The van der Waals surface area contributed by atoms with Gasteiger partial charge in [-0.2, -0.15) is 10.5 Å². The summed E-state index contributed by atoms with van der Waals surface area (Å²) in [5, 5.41) is 38.2. The van der Waals surface area contributed by atoms with E-state index in [4.69, 9.17) is 5.26 Å². The SMILES string of the molecule is Cc1cc(C)c(F)c(CN(C)C(=O)/C(C#N)=C(\O)c2ccc(O)c(C#N)c2)c1. The smallest absolute Gasteiger partial charge is 0.268 e. The van der Waals surface area contributed by atoms with E-state index in [0.29, 0.717) is 11.1 Å². The molecule has 28 heavy (non-hydrogen) atoms. The van der Waals surface area contributed by atoms with Crippen molar-refractivity contribution in [1.29, 1.82) is 10.5 Å². The maximum atomic E-state index is 14.3. The van der Waals surface area contributed by atoms with Crippen molar-refractivity contribution in [2.24, 2.45) is 0 Å². The minimum absolute atomic E-state index is 0.0326. The van der Waals surface area contributed by atoms with E-state index in [-0.39, 0.29) is 23.4 Å². The normalized spacial score (nSPS) is 11.2. The van der Waals surface area contributed by atoms with Gasteiger partial charge in [0.25, 0.3) is 5.91 Å². The Morgan fingerprint density at radius 2 is 1.89 bits per heavy atom. The molecule has 0 aliphatic rings. The number of carbonyl (C=O) groups excluding carboxylic acids is 1. The summed E-state index contributed by atoms with van der Waals surface area (Å²) in [7, 11) is 1.39. The lowest BCUT2D eigenvalue weighted by atomic mass is 10.0. The summed E-state index contributed by atoms with van der Waals surface area (Å²) in [6.45, 7) is 3.34. The van der Waals surface area contributed by atoms with E-state index in [1.807, 2.05) is 6.92 Å². The zero-order valence-electron chi connectivity index (χ0n) is 15.6. The molecule has 0 saturated heterocycles. The molecular weight excluding hydrogens is 361 g/mol. The molecule has 7 heteroatoms. The topological polar surface area (TPSA) is 108 Å². The summed E-state index contributed by atoms with van der Waals surface area (Å²) in [6, 6.07) is 10.3. The molecule has 0 unspecified atom stereocenters. The van der Waals surface area contributed by atoms with Gasteiger partial charge in [-0.05, 0) is 37.6 Å². The predicted molar refractivity (Wildman–Crippen MR) is 100 cm³/mol. The van der Waals surface area contributed by atoms with Crippen molar-refractivity contribution < 1.29 is 19.4 Å². The molecule has 0 fully saturated rings. The third-order valence-corrected chi connectivity index (χ3v) is 4.18. The molecule has 0 aliphatic heterocycles. The van der Waals surface area contributed by atoms with Crippen molar-refractivity contribution >= 4 is 11.7 Å². The van der Waals surface area contributed by atoms with Gasteiger partial charge in [0.1, 0.15) is 29.5 Å². The second kappa shape index (κ2) is 8.24. The fourth-order valence-corrected chi connectivity index (χ4v) is 2.79. The van der Waals surface area contributed by atoms with Crippen LogP contribution < -0.4 is 0 Å². The maximum Gasteiger partial charge on any atom is 0.268 e. The fourth-order valence-electron chi connectivity index (χ4n) is 2.79. The number of hydrogen-bond donors (Lipinski definition) is 2. The Morgan fingerprint density at radius 1 is 1.21 bits per heavy atom. The Labute approximate surface area is 162 Å². The van der Waals surface area contributed by atoms with Gasteiger partial charge in [-0.1, -0.05) is 17.7 Å². The average Bonchev–Trinajstić information content (AvgIpc) is 2.66. The first-order valence-electron chi connectivity index (χ1n) is 8.27. The van der Waals surface area contributed by atoms with Crippen LogP contribution in [-0.4, -0.2) is 28.1 Å². The number of phenolic OH excluding ortho intramolecular Hbond substituents is 1. The molecule has 0 bridgehead atoms. The molecule has 1 amide bonds. The van der Waals surface area contributed by atoms with Crippen molar-refractivity contribution in [3.05, 3.63) is 69.5 Å². The zero-order valence-corrected chi connectivity index (χ0v) is 15.6. The van der Waals surface area contributed by atoms with Crippen LogP contribution in [0, 0.1) is 42.3 Å². The van der Waals surface area contributed by atoms with Gasteiger partial charge in [-0.15, -0.1) is 0 Å². The Bertz CT molecular complexity index is 1060. The van der Waals surface area contributed by atoms with E-state index >= 15 is 0 Å². The molecule has 0 atom stereocenters. The van der Waals surface area contributed by atoms with Gasteiger partial charge in [-0.25, -0.2) is 4.39 Å². The first-order chi connectivity index (χ1) is 13.2. The third-order valence-electron chi connectivity index (χ3n) is 4.18. The van der Waals surface area contributed by atoms with E-state index in [2.05, 4.69) is 0 Å². The quantitative estimate of drug-likeness (QED) is 0.480. The molecule has 0 saturated carbocycles. The van der Waals surface area contributed by atoms with Crippen molar-refractivity contribution in [1.82, 2.24) is 4.90 Å². The summed E-state index contributed by atoms with van der Waals surface area (Å²) in [6.07, 6.45) is 0. The highest BCUT2D eigenvalue weighted by molar-refractivity contribution is 6.03. The number of aliphatic hydroxyl groups is 1. The highest BCUT2D eigenvalue weighted by Crippen LogP contribution is 2.24. The van der Waals surface area contributed by atoms with Gasteiger partial charge in [-0.3, -0.25) is 4.79 Å². The monoisotopic (exact) mass is 379 g/mol. The lowest BCUT2D eigenvalue weighted by molar-refractivity contribution is -0.126. The van der Waals surface area contributed by atoms with Crippen LogP contribution in [0.25, 0.3) is 5.76 Å². The number of hydrogen-bond acceptors (Lipinski definition) is 5. The number of aliphatic hydroxyl groups excluding tert-OH is 1. The second-order valence-electron chi connectivity index (χ2n) is 6.40. The summed E-state index contributed by atoms with van der Waals surface area (Å²) in [5.41, 5.74) is 0.942. The van der Waals surface area contributed by atoms with Gasteiger partial charge >= 0.3 is 0 Å². The number of likely N-dealkylation sites (N-methyl/N-ethyl adjacent to an activating group) is 1. The van der Waals surface area contributed by atoms with Gasteiger partial charge in [0, 0.05) is 24.7 Å². The van der Waals surface area contributed by atoms with E-state index < -0.39 is 23.1 Å². The van der Waals surface area contributed by atoms with Crippen molar-refractivity contribution in [3.63, 3.8) is 0 Å². The van der Waals surface area contributed by atoms with Crippen molar-refractivity contribution in [2.75, 3.05) is 7.05 Å². The largest absolute Gasteiger partial charge is 0.507 e. The van der Waals surface area contributed by atoms with Crippen molar-refractivity contribution in [3.8, 4) is 17.9 Å². The number of halogens is 1. The van der Waals surface area contributed by atoms with Crippen LogP contribution in [0.15, 0.2) is 35.9 Å². The minimum atomic E-state index is -0.801. The molecule has 2 rings (SSSR count). The summed E-state index contributed by atoms with van der Waals surface area (Å²) in [5.74, 6) is -2.15. The first kappa shape index (κ1) is 20.5. The number of aromatic hydroxyl groups is 1. The second-order valence-corrected chi connectivity index (χ2v) is 6.40. The lowest BCUT2D eigenvalue weighted by Gasteiger charge is -2.19. The van der Waals surface area contributed by atoms with Crippen molar-refractivity contribution in [2.45, 2.75) is 20.4 Å². The number of benzene rings is 2. The number of carbonyl (C=O) groups is 1. The third kappa shape index (κ3) is 4.11. The minimum Gasteiger partial charge on any atom is -0.507 e. The molecule has 0 spiro atoms. The Hall–Kier alpha value is -3.84. The molecule has 2 aromatic rings. The number of aryl methyl sites for hydroxylation is 2. The molecule has 2 N–H and O–H groups in total.